The van der Waals surface area contributed by atoms with Gasteiger partial charge in [0.15, 0.2) is 17.2 Å². The summed E-state index contributed by atoms with van der Waals surface area (Å²) >= 11 is 0. The summed E-state index contributed by atoms with van der Waals surface area (Å²) in [7, 11) is 0. The van der Waals surface area contributed by atoms with Gasteiger partial charge in [0.2, 0.25) is 18.1 Å². The second-order valence-electron chi connectivity index (χ2n) is 7.16. The third kappa shape index (κ3) is 1.66. The van der Waals surface area contributed by atoms with E-state index in [-0.39, 0.29) is 0 Å². The third-order valence-electron chi connectivity index (χ3n) is 6.56. The van der Waals surface area contributed by atoms with Gasteiger partial charge in [-0.3, -0.25) is 35.7 Å². The second kappa shape index (κ2) is 4.71. The second-order valence-corrected chi connectivity index (χ2v) is 7.16. The minimum Gasteiger partial charge on any atom is -0.282 e. The number of nitro groups is 4. The van der Waals surface area contributed by atoms with Crippen LogP contribution < -0.4 is 5.32 Å². The smallest absolute Gasteiger partial charge is 0.246 e. The van der Waals surface area contributed by atoms with Gasteiger partial charge in [-0.2, -0.15) is 0 Å². The van der Waals surface area contributed by atoms with Crippen LogP contribution in [0.25, 0.3) is 0 Å². The minimum absolute atomic E-state index is 0.621. The average molecular weight is 358 g/mol. The zero-order valence-corrected chi connectivity index (χ0v) is 12.8. The van der Waals surface area contributed by atoms with E-state index in [4.69, 9.17) is 0 Å². The summed E-state index contributed by atoms with van der Waals surface area (Å²) in [5.41, 5.74) is 0. The van der Waals surface area contributed by atoms with Crippen molar-refractivity contribution < 1.29 is 19.8 Å². The molecule has 5 aliphatic rings. The lowest BCUT2D eigenvalue weighted by Gasteiger charge is -2.40. The van der Waals surface area contributed by atoms with Gasteiger partial charge >= 0.3 is 0 Å². The maximum absolute atomic E-state index is 11.7. The Balaban J connectivity index is 1.98. The molecule has 0 radical (unpaired) electrons. The summed E-state index contributed by atoms with van der Waals surface area (Å²) in [5, 5.41) is 49.1. The molecule has 2 aliphatic carbocycles. The average Bonchev–Trinajstić information content (AvgIpc) is 2.92. The first-order valence-electron chi connectivity index (χ1n) is 7.77. The number of hydrogen-bond donors (Lipinski definition) is 1. The molecule has 10 atom stereocenters. The summed E-state index contributed by atoms with van der Waals surface area (Å²) < 4.78 is 0. The predicted octanol–water partition coefficient (Wildman–Crippen LogP) is -1.39. The maximum atomic E-state index is 11.7. The molecule has 5 fully saturated rings. The lowest BCUT2D eigenvalue weighted by molar-refractivity contribution is -0.682. The molecule has 10 unspecified atom stereocenters. The fraction of sp³-hybridized carbons (Fsp3) is 1.00. The van der Waals surface area contributed by atoms with E-state index in [0.29, 0.717) is 5.01 Å². The van der Waals surface area contributed by atoms with E-state index in [1.165, 1.54) is 0 Å². The van der Waals surface area contributed by atoms with E-state index in [1.54, 1.807) is 6.92 Å². The number of hydrogen-bond acceptors (Lipinski definition) is 9. The number of nitrogens with zero attached hydrogens (tertiary/aromatic N) is 5. The molecule has 2 saturated carbocycles. The van der Waals surface area contributed by atoms with E-state index in [2.05, 4.69) is 5.32 Å². The van der Waals surface area contributed by atoms with Crippen molar-refractivity contribution >= 4 is 0 Å². The quantitative estimate of drug-likeness (QED) is 0.462. The van der Waals surface area contributed by atoms with E-state index in [0.717, 1.165) is 0 Å². The Morgan fingerprint density at radius 3 is 1.84 bits per heavy atom. The zero-order valence-electron chi connectivity index (χ0n) is 12.8. The van der Waals surface area contributed by atoms with E-state index < -0.39 is 79.8 Å². The Morgan fingerprint density at radius 2 is 1.36 bits per heavy atom. The highest BCUT2D eigenvalue weighted by molar-refractivity contribution is 5.21. The van der Waals surface area contributed by atoms with Crippen LogP contribution in [0.1, 0.15) is 6.92 Å². The topological polar surface area (TPSA) is 188 Å². The van der Waals surface area contributed by atoms with Gasteiger partial charge in [-0.25, -0.2) is 10.1 Å². The summed E-state index contributed by atoms with van der Waals surface area (Å²) in [4.78, 5) is 44.5. The van der Waals surface area contributed by atoms with Gasteiger partial charge in [-0.05, 0) is 5.92 Å². The summed E-state index contributed by atoms with van der Waals surface area (Å²) in [5.74, 6) is -3.59. The van der Waals surface area contributed by atoms with Crippen LogP contribution in [0, 0.1) is 64.1 Å². The molecule has 14 nitrogen and oxygen atoms in total. The van der Waals surface area contributed by atoms with Crippen LogP contribution in [0.2, 0.25) is 0 Å². The van der Waals surface area contributed by atoms with Crippen LogP contribution in [0.5, 0.6) is 0 Å². The standard InChI is InChI=1S/C11H14N6O8/c1-2-3-6-8(15(20)21)5(7(3)14(18)19)9-10(16(22)23)4(2)11(12-6)13(9)17(24)25/h2-12H,1H3. The lowest BCUT2D eigenvalue weighted by Crippen LogP contribution is -2.63. The molecule has 0 spiro atoms. The summed E-state index contributed by atoms with van der Waals surface area (Å²) in [6.45, 7) is 1.58. The van der Waals surface area contributed by atoms with Gasteiger partial charge < -0.3 is 0 Å². The molecular formula is C11H14N6O8. The summed E-state index contributed by atoms with van der Waals surface area (Å²) in [6.07, 6.45) is -1.04. The Hall–Kier alpha value is -2.64. The highest BCUT2D eigenvalue weighted by atomic mass is 16.7. The first-order valence-corrected chi connectivity index (χ1v) is 7.77. The monoisotopic (exact) mass is 358 g/mol. The Labute approximate surface area is 138 Å². The zero-order chi connectivity index (χ0) is 18.4. The fourth-order valence-electron chi connectivity index (χ4n) is 5.99. The van der Waals surface area contributed by atoms with Crippen molar-refractivity contribution in [3.63, 3.8) is 0 Å². The lowest BCUT2D eigenvalue weighted by atomic mass is 9.72. The van der Waals surface area contributed by atoms with Crippen LogP contribution >= 0.6 is 0 Å². The molecule has 0 aromatic carbocycles. The Bertz CT molecular complexity index is 646. The molecular weight excluding hydrogens is 344 g/mol. The third-order valence-corrected chi connectivity index (χ3v) is 6.56. The highest BCUT2D eigenvalue weighted by Crippen LogP contribution is 2.58. The van der Waals surface area contributed by atoms with Gasteiger partial charge in [-0.15, -0.1) is 0 Å². The molecule has 25 heavy (non-hydrogen) atoms. The van der Waals surface area contributed by atoms with Crippen LogP contribution in [-0.2, 0) is 0 Å². The van der Waals surface area contributed by atoms with Crippen molar-refractivity contribution in [1.29, 1.82) is 0 Å². The normalized spacial score (nSPS) is 49.2. The van der Waals surface area contributed by atoms with Gasteiger partial charge in [-0.1, -0.05) is 11.9 Å². The number of hydrazine groups is 1. The van der Waals surface area contributed by atoms with Crippen LogP contribution in [0.4, 0.5) is 0 Å². The first kappa shape index (κ1) is 15.9. The molecule has 3 aliphatic heterocycles. The van der Waals surface area contributed by atoms with Gasteiger partial charge in [0.05, 0.1) is 17.9 Å². The highest BCUT2D eigenvalue weighted by Gasteiger charge is 2.83. The van der Waals surface area contributed by atoms with Crippen LogP contribution in [-0.4, -0.2) is 61.2 Å². The molecule has 3 heterocycles. The van der Waals surface area contributed by atoms with Crippen molar-refractivity contribution in [2.45, 2.75) is 43.3 Å². The molecule has 5 rings (SSSR count). The van der Waals surface area contributed by atoms with Crippen molar-refractivity contribution in [3.05, 3.63) is 40.5 Å². The van der Waals surface area contributed by atoms with Crippen molar-refractivity contribution in [1.82, 2.24) is 10.3 Å². The molecule has 136 valence electrons. The molecule has 3 saturated heterocycles. The van der Waals surface area contributed by atoms with Gasteiger partial charge in [0.25, 0.3) is 0 Å². The predicted molar refractivity (Wildman–Crippen MR) is 75.3 cm³/mol. The maximum Gasteiger partial charge on any atom is 0.246 e. The summed E-state index contributed by atoms with van der Waals surface area (Å²) in [6, 6.07) is -6.75. The van der Waals surface area contributed by atoms with E-state index in [1.807, 2.05) is 0 Å². The molecule has 1 N–H and O–H groups in total. The Kier molecular flexibility index (Phi) is 2.99. The molecule has 0 aromatic heterocycles. The van der Waals surface area contributed by atoms with Gasteiger partial charge in [0, 0.05) is 14.8 Å². The van der Waals surface area contributed by atoms with Crippen LogP contribution in [0.3, 0.4) is 0 Å². The van der Waals surface area contributed by atoms with Crippen molar-refractivity contribution in [2.75, 3.05) is 0 Å². The molecule has 0 amide bonds. The fourth-order valence-corrected chi connectivity index (χ4v) is 5.99. The number of piperidine rings is 1. The number of nitrogens with one attached hydrogen (secondary N) is 1. The van der Waals surface area contributed by atoms with E-state index >= 15 is 0 Å². The van der Waals surface area contributed by atoms with Crippen molar-refractivity contribution in [2.24, 2.45) is 23.7 Å². The van der Waals surface area contributed by atoms with Crippen molar-refractivity contribution in [3.8, 4) is 0 Å². The molecule has 0 aromatic rings. The Morgan fingerprint density at radius 1 is 0.800 bits per heavy atom. The number of rotatable bonds is 4. The first-order chi connectivity index (χ1) is 11.7. The van der Waals surface area contributed by atoms with Gasteiger partial charge in [0.1, 0.15) is 5.92 Å². The van der Waals surface area contributed by atoms with E-state index in [9.17, 15) is 40.5 Å². The minimum atomic E-state index is -1.49. The largest absolute Gasteiger partial charge is 0.282 e. The molecule has 6 bridgehead atoms. The SMILES string of the molecule is CC1C2C3NC4C1C([N+](=O)[O-])C(C(C3[N+](=O)[O-])C2[N+](=O)[O-])N4[N+](=O)[O-]. The van der Waals surface area contributed by atoms with Crippen LogP contribution in [0.15, 0.2) is 0 Å². The molecule has 14 heteroatoms.